The van der Waals surface area contributed by atoms with E-state index in [2.05, 4.69) is 9.97 Å². The first kappa shape index (κ1) is 16.4. The third-order valence-corrected chi connectivity index (χ3v) is 4.34. The number of cyclic esters (lactones) is 1. The minimum Gasteiger partial charge on any atom is -0.447 e. The summed E-state index contributed by atoms with van der Waals surface area (Å²) in [6, 6.07) is 3.01. The van der Waals surface area contributed by atoms with Crippen molar-refractivity contribution in [1.82, 2.24) is 14.9 Å². The Morgan fingerprint density at radius 1 is 1.15 bits per heavy atom. The number of halogens is 3. The number of nitrogens with one attached hydrogen (secondary N) is 1. The molecule has 7 nitrogen and oxygen atoms in total. The summed E-state index contributed by atoms with van der Waals surface area (Å²) < 4.78 is 31.3. The van der Waals surface area contributed by atoms with Gasteiger partial charge < -0.3 is 9.72 Å². The van der Waals surface area contributed by atoms with Crippen LogP contribution >= 0.6 is 11.6 Å². The molecule has 2 heterocycles. The molecule has 26 heavy (non-hydrogen) atoms. The highest BCUT2D eigenvalue weighted by atomic mass is 35.5. The smallest absolute Gasteiger partial charge is 0.414 e. The van der Waals surface area contributed by atoms with Crippen LogP contribution in [0, 0.1) is 11.6 Å². The molecule has 1 N–H and O–H groups in total. The van der Waals surface area contributed by atoms with Gasteiger partial charge in [0.25, 0.3) is 0 Å². The molecule has 1 amide bonds. The van der Waals surface area contributed by atoms with E-state index in [0.29, 0.717) is 0 Å². The number of amides is 1. The van der Waals surface area contributed by atoms with Gasteiger partial charge in [-0.3, -0.25) is 14.5 Å². The standard InChI is InChI=1S/C16H8ClF2N3O4/c17-9-12(22-3-4-26-16(22)25)14(24)11-10(13(9)23)20-15(21-11)6-1-2-7(18)8(19)5-6/h1-2,5H,3-4H2,(H,20,21). The van der Waals surface area contributed by atoms with Crippen LogP contribution in [0.5, 0.6) is 0 Å². The van der Waals surface area contributed by atoms with Crippen LogP contribution in [0.1, 0.15) is 21.0 Å². The zero-order chi connectivity index (χ0) is 18.6. The van der Waals surface area contributed by atoms with Gasteiger partial charge in [-0.15, -0.1) is 0 Å². The molecule has 0 spiro atoms. The Hall–Kier alpha value is -3.07. The summed E-state index contributed by atoms with van der Waals surface area (Å²) in [7, 11) is 0. The Labute approximate surface area is 149 Å². The number of imidazole rings is 1. The summed E-state index contributed by atoms with van der Waals surface area (Å²) in [4.78, 5) is 44.5. The number of nitrogens with zero attached hydrogens (tertiary/aromatic N) is 2. The number of Topliss-reactive ketones (excluding diaryl/α,β-unsaturated/α-hetero) is 2. The topological polar surface area (TPSA) is 92.4 Å². The summed E-state index contributed by atoms with van der Waals surface area (Å²) >= 11 is 6.00. The molecule has 1 aliphatic carbocycles. The van der Waals surface area contributed by atoms with E-state index in [1.165, 1.54) is 6.07 Å². The molecule has 1 saturated heterocycles. The van der Waals surface area contributed by atoms with E-state index in [0.717, 1.165) is 17.0 Å². The molecular weight excluding hydrogens is 372 g/mol. The average molecular weight is 380 g/mol. The van der Waals surface area contributed by atoms with Crippen LogP contribution < -0.4 is 0 Å². The first-order valence-corrected chi connectivity index (χ1v) is 7.75. The largest absolute Gasteiger partial charge is 0.447 e. The number of benzene rings is 1. The van der Waals surface area contributed by atoms with Crippen molar-refractivity contribution in [2.75, 3.05) is 13.2 Å². The fourth-order valence-electron chi connectivity index (χ4n) is 2.75. The number of rotatable bonds is 2. The van der Waals surface area contributed by atoms with Gasteiger partial charge in [-0.05, 0) is 18.2 Å². The quantitative estimate of drug-likeness (QED) is 0.866. The monoisotopic (exact) mass is 379 g/mol. The molecule has 0 radical (unpaired) electrons. The molecule has 4 rings (SSSR count). The number of hydrogen-bond donors (Lipinski definition) is 1. The molecule has 132 valence electrons. The lowest BCUT2D eigenvalue weighted by Gasteiger charge is -2.20. The second-order valence-corrected chi connectivity index (χ2v) is 5.90. The van der Waals surface area contributed by atoms with Crippen molar-refractivity contribution >= 4 is 29.3 Å². The van der Waals surface area contributed by atoms with E-state index in [1.54, 1.807) is 0 Å². The van der Waals surface area contributed by atoms with Crippen LogP contribution in [0.15, 0.2) is 28.9 Å². The minimum atomic E-state index is -1.11. The predicted octanol–water partition coefficient (Wildman–Crippen LogP) is 2.64. The second-order valence-electron chi connectivity index (χ2n) is 5.52. The van der Waals surface area contributed by atoms with Crippen LogP contribution in [0.3, 0.4) is 0 Å². The zero-order valence-electron chi connectivity index (χ0n) is 12.8. The van der Waals surface area contributed by atoms with Gasteiger partial charge in [-0.2, -0.15) is 0 Å². The summed E-state index contributed by atoms with van der Waals surface area (Å²) in [6.45, 7) is 0.126. The number of ether oxygens (including phenoxy) is 1. The molecule has 1 fully saturated rings. The molecule has 0 saturated carbocycles. The van der Waals surface area contributed by atoms with Gasteiger partial charge in [0.1, 0.15) is 34.5 Å². The molecule has 1 aromatic carbocycles. The number of aromatic amines is 1. The van der Waals surface area contributed by atoms with Gasteiger partial charge in [-0.25, -0.2) is 18.6 Å². The van der Waals surface area contributed by atoms with E-state index in [4.69, 9.17) is 16.3 Å². The highest BCUT2D eigenvalue weighted by Crippen LogP contribution is 2.32. The Morgan fingerprint density at radius 3 is 2.58 bits per heavy atom. The summed E-state index contributed by atoms with van der Waals surface area (Å²) in [5.41, 5.74) is -0.614. The fourth-order valence-corrected chi connectivity index (χ4v) is 3.03. The second kappa shape index (κ2) is 5.73. The molecule has 10 heteroatoms. The van der Waals surface area contributed by atoms with Crippen molar-refractivity contribution in [2.24, 2.45) is 0 Å². The zero-order valence-corrected chi connectivity index (χ0v) is 13.6. The van der Waals surface area contributed by atoms with Crippen LogP contribution in [-0.4, -0.2) is 45.7 Å². The number of aromatic nitrogens is 2. The van der Waals surface area contributed by atoms with Crippen LogP contribution in [-0.2, 0) is 4.74 Å². The maximum Gasteiger partial charge on any atom is 0.414 e. The predicted molar refractivity (Wildman–Crippen MR) is 83.5 cm³/mol. The first-order valence-electron chi connectivity index (χ1n) is 7.37. The van der Waals surface area contributed by atoms with Crippen molar-refractivity contribution in [1.29, 1.82) is 0 Å². The van der Waals surface area contributed by atoms with E-state index in [-0.39, 0.29) is 41.6 Å². The summed E-state index contributed by atoms with van der Waals surface area (Å²) in [6.07, 6.45) is -0.792. The molecule has 0 bridgehead atoms. The Bertz CT molecular complexity index is 1030. The summed E-state index contributed by atoms with van der Waals surface area (Å²) in [5, 5.41) is -0.443. The number of hydrogen-bond acceptors (Lipinski definition) is 5. The van der Waals surface area contributed by atoms with Crippen molar-refractivity contribution in [2.45, 2.75) is 0 Å². The first-order chi connectivity index (χ1) is 12.4. The maximum atomic E-state index is 13.4. The highest BCUT2D eigenvalue weighted by Gasteiger charge is 2.41. The van der Waals surface area contributed by atoms with E-state index in [9.17, 15) is 23.2 Å². The maximum absolute atomic E-state index is 13.4. The number of H-pyrrole nitrogens is 1. The summed E-state index contributed by atoms with van der Waals surface area (Å²) in [5.74, 6) is -3.64. The lowest BCUT2D eigenvalue weighted by molar-refractivity contribution is 0.0948. The normalized spacial score (nSPS) is 17.0. The SMILES string of the molecule is O=C1C(N2CCOC2=O)=C(Cl)C(=O)c2[nH]c(-c3ccc(F)c(F)c3)nc21. The highest BCUT2D eigenvalue weighted by molar-refractivity contribution is 6.49. The minimum absolute atomic E-state index is 0.00897. The van der Waals surface area contributed by atoms with Gasteiger partial charge in [-0.1, -0.05) is 11.6 Å². The van der Waals surface area contributed by atoms with Crippen LogP contribution in [0.25, 0.3) is 11.4 Å². The third-order valence-electron chi connectivity index (χ3n) is 3.99. The lowest BCUT2D eigenvalue weighted by atomic mass is 10.0. The van der Waals surface area contributed by atoms with Gasteiger partial charge in [0.2, 0.25) is 11.6 Å². The van der Waals surface area contributed by atoms with Crippen molar-refractivity contribution in [3.8, 4) is 11.4 Å². The number of fused-ring (bicyclic) bond motifs is 1. The van der Waals surface area contributed by atoms with E-state index in [1.807, 2.05) is 0 Å². The van der Waals surface area contributed by atoms with E-state index >= 15 is 0 Å². The molecular formula is C16H8ClF2N3O4. The number of carbonyl (C=O) groups excluding carboxylic acids is 3. The fraction of sp³-hybridized carbons (Fsp3) is 0.125. The van der Waals surface area contributed by atoms with Crippen molar-refractivity contribution in [3.63, 3.8) is 0 Å². The Kier molecular flexibility index (Phi) is 3.62. The van der Waals surface area contributed by atoms with E-state index < -0.39 is 34.3 Å². The number of ketones is 2. The lowest BCUT2D eigenvalue weighted by Crippen LogP contribution is -2.34. The molecule has 2 aromatic rings. The van der Waals surface area contributed by atoms with Gasteiger partial charge in [0.05, 0.1) is 6.54 Å². The Balaban J connectivity index is 1.80. The Morgan fingerprint density at radius 2 is 1.92 bits per heavy atom. The van der Waals surface area contributed by atoms with Gasteiger partial charge in [0.15, 0.2) is 11.6 Å². The molecule has 0 unspecified atom stereocenters. The van der Waals surface area contributed by atoms with Crippen LogP contribution in [0.2, 0.25) is 0 Å². The van der Waals surface area contributed by atoms with Crippen molar-refractivity contribution < 1.29 is 27.9 Å². The molecule has 1 aromatic heterocycles. The van der Waals surface area contributed by atoms with Gasteiger partial charge >= 0.3 is 6.09 Å². The number of allylic oxidation sites excluding steroid dienone is 2. The molecule has 1 aliphatic heterocycles. The third kappa shape index (κ3) is 2.31. The number of carbonyl (C=O) groups is 3. The van der Waals surface area contributed by atoms with Crippen molar-refractivity contribution in [3.05, 3.63) is 52.0 Å². The average Bonchev–Trinajstić information content (AvgIpc) is 3.23. The molecule has 2 aliphatic rings. The molecule has 0 atom stereocenters. The van der Waals surface area contributed by atoms with Crippen LogP contribution in [0.4, 0.5) is 13.6 Å². The van der Waals surface area contributed by atoms with Gasteiger partial charge in [0, 0.05) is 5.56 Å².